The van der Waals surface area contributed by atoms with Gasteiger partial charge in [0.15, 0.2) is 0 Å². The molecule has 0 amide bonds. The number of hydrogen-bond donors (Lipinski definition) is 0. The molecule has 0 aromatic rings. The highest BCUT2D eigenvalue weighted by molar-refractivity contribution is 8.23. The highest BCUT2D eigenvalue weighted by atomic mass is 32.2. The fourth-order valence-electron chi connectivity index (χ4n) is 5.40. The van der Waals surface area contributed by atoms with Crippen LogP contribution in [0.2, 0.25) is 0 Å². The molecule has 0 aromatic heterocycles. The molecule has 3 fully saturated rings. The molecule has 3 aliphatic heterocycles. The summed E-state index contributed by atoms with van der Waals surface area (Å²) in [5.41, 5.74) is 0. The lowest BCUT2D eigenvalue weighted by Gasteiger charge is -2.58. The quantitative estimate of drug-likeness (QED) is 0.473. The van der Waals surface area contributed by atoms with E-state index in [-0.39, 0.29) is 17.7 Å². The van der Waals surface area contributed by atoms with Crippen molar-refractivity contribution in [2.75, 3.05) is 39.6 Å². The minimum Gasteiger partial charge on any atom is -0.469 e. The topological polar surface area (TPSA) is 59.1 Å². The molecule has 8 heteroatoms. The largest absolute Gasteiger partial charge is 0.469 e. The lowest BCUT2D eigenvalue weighted by Crippen LogP contribution is -2.65. The van der Waals surface area contributed by atoms with Crippen LogP contribution in [0.15, 0.2) is 0 Å². The van der Waals surface area contributed by atoms with Crippen LogP contribution < -0.4 is 0 Å². The van der Waals surface area contributed by atoms with E-state index in [0.29, 0.717) is 30.3 Å². The minimum atomic E-state index is -0.244. The first kappa shape index (κ1) is 21.8. The van der Waals surface area contributed by atoms with E-state index in [9.17, 15) is 9.59 Å². The van der Waals surface area contributed by atoms with Gasteiger partial charge in [0.05, 0.1) is 20.0 Å². The first-order valence-corrected chi connectivity index (χ1v) is 11.8. The van der Waals surface area contributed by atoms with Crippen molar-refractivity contribution in [3.63, 3.8) is 0 Å². The fraction of sp³-hybridized carbons (Fsp3) is 0.850. The Kier molecular flexibility index (Phi) is 8.00. The zero-order valence-corrected chi connectivity index (χ0v) is 18.6. The van der Waals surface area contributed by atoms with Gasteiger partial charge >= 0.3 is 11.9 Å². The molecule has 3 rings (SSSR count). The molecule has 158 valence electrons. The van der Waals surface area contributed by atoms with Crippen molar-refractivity contribution in [3.8, 4) is 0 Å². The van der Waals surface area contributed by atoms with Gasteiger partial charge in [0.1, 0.15) is 4.32 Å². The minimum absolute atomic E-state index is 0.147. The van der Waals surface area contributed by atoms with E-state index in [1.807, 2.05) is 0 Å². The van der Waals surface area contributed by atoms with E-state index in [4.69, 9.17) is 21.7 Å². The number of likely N-dealkylation sites (tertiary alicyclic amines) is 1. The molecule has 3 heterocycles. The number of ether oxygens (including phenoxy) is 2. The molecule has 0 aromatic carbocycles. The lowest BCUT2D eigenvalue weighted by atomic mass is 9.69. The van der Waals surface area contributed by atoms with Crippen LogP contribution in [0.5, 0.6) is 0 Å². The van der Waals surface area contributed by atoms with Gasteiger partial charge in [-0.05, 0) is 63.5 Å². The maximum Gasteiger partial charge on any atom is 0.316 e. The number of carbonyl (C=O) groups excluding carboxylic acids is 2. The van der Waals surface area contributed by atoms with Gasteiger partial charge in [-0.25, -0.2) is 0 Å². The molecule has 0 bridgehead atoms. The molecule has 0 saturated carbocycles. The van der Waals surface area contributed by atoms with E-state index in [2.05, 4.69) is 9.80 Å². The molecule has 28 heavy (non-hydrogen) atoms. The van der Waals surface area contributed by atoms with Crippen LogP contribution >= 0.6 is 24.0 Å². The van der Waals surface area contributed by atoms with Crippen molar-refractivity contribution in [1.29, 1.82) is 0 Å². The van der Waals surface area contributed by atoms with E-state index in [1.54, 1.807) is 0 Å². The maximum atomic E-state index is 11.6. The van der Waals surface area contributed by atoms with Gasteiger partial charge in [0.2, 0.25) is 0 Å². The second-order valence-corrected chi connectivity index (χ2v) is 9.66. The molecular weight excluding hydrogens is 396 g/mol. The monoisotopic (exact) mass is 428 g/mol. The molecule has 0 radical (unpaired) electrons. The number of thiocarbonyl (C=S) groups is 1. The summed E-state index contributed by atoms with van der Waals surface area (Å²) in [4.78, 5) is 28.3. The predicted octanol–water partition coefficient (Wildman–Crippen LogP) is 2.70. The summed E-state index contributed by atoms with van der Waals surface area (Å²) < 4.78 is 10.4. The summed E-state index contributed by atoms with van der Waals surface area (Å²) in [6.45, 7) is 3.40. The van der Waals surface area contributed by atoms with Gasteiger partial charge < -0.3 is 14.4 Å². The number of hydrogen-bond acceptors (Lipinski definition) is 7. The Morgan fingerprint density at radius 3 is 2.54 bits per heavy atom. The third-order valence-corrected chi connectivity index (χ3v) is 8.01. The summed E-state index contributed by atoms with van der Waals surface area (Å²) in [5, 5.41) is 0. The molecule has 0 unspecified atom stereocenters. The average molecular weight is 429 g/mol. The Balaban J connectivity index is 1.73. The van der Waals surface area contributed by atoms with Crippen LogP contribution in [0.4, 0.5) is 0 Å². The number of rotatable bonds is 6. The zero-order valence-electron chi connectivity index (χ0n) is 16.9. The maximum absolute atomic E-state index is 11.6. The third-order valence-electron chi connectivity index (χ3n) is 6.56. The van der Waals surface area contributed by atoms with Crippen LogP contribution in [0.25, 0.3) is 0 Å². The van der Waals surface area contributed by atoms with Crippen molar-refractivity contribution < 1.29 is 19.1 Å². The Morgan fingerprint density at radius 2 is 1.82 bits per heavy atom. The Labute approximate surface area is 177 Å². The van der Waals surface area contributed by atoms with Gasteiger partial charge in [-0.15, -0.1) is 0 Å². The average Bonchev–Trinajstić information content (AvgIpc) is 2.73. The van der Waals surface area contributed by atoms with Crippen molar-refractivity contribution >= 4 is 40.2 Å². The van der Waals surface area contributed by atoms with Crippen LogP contribution in [-0.4, -0.2) is 77.7 Å². The van der Waals surface area contributed by atoms with Crippen LogP contribution in [-0.2, 0) is 19.1 Å². The second kappa shape index (κ2) is 10.3. The molecule has 6 nitrogen and oxygen atoms in total. The smallest absolute Gasteiger partial charge is 0.316 e. The summed E-state index contributed by atoms with van der Waals surface area (Å²) in [7, 11) is 2.85. The molecule has 0 spiro atoms. The van der Waals surface area contributed by atoms with Gasteiger partial charge in [0, 0.05) is 25.0 Å². The highest BCUT2D eigenvalue weighted by Crippen LogP contribution is 2.44. The molecule has 0 N–H and O–H groups in total. The Hall–Kier alpha value is -0.860. The van der Waals surface area contributed by atoms with E-state index in [1.165, 1.54) is 64.8 Å². The Bertz CT molecular complexity index is 587. The van der Waals surface area contributed by atoms with Crippen molar-refractivity contribution in [2.45, 2.75) is 57.0 Å². The van der Waals surface area contributed by atoms with Crippen LogP contribution in [0.1, 0.15) is 44.9 Å². The van der Waals surface area contributed by atoms with Gasteiger partial charge in [-0.2, -0.15) is 0 Å². The molecule has 3 saturated heterocycles. The normalized spacial score (nSPS) is 29.7. The first-order chi connectivity index (χ1) is 13.5. The second-order valence-electron chi connectivity index (χ2n) is 8.05. The number of nitrogens with zero attached hydrogens (tertiary/aromatic N) is 2. The number of esters is 2. The summed E-state index contributed by atoms with van der Waals surface area (Å²) in [5.74, 6) is 1.09. The standard InChI is InChI=1S/C20H32N2O4S2/c1-25-17(23)9-3-8-16-15-7-5-11-21-10-4-6-14(19(15)21)12-22(16)20(27)28-13-18(24)26-2/h14-16,19H,3-13H2,1-2H3/t14-,15+,16+,19-/m0/s1. The van der Waals surface area contributed by atoms with Crippen molar-refractivity contribution in [3.05, 3.63) is 0 Å². The number of piperidine rings is 3. The summed E-state index contributed by atoms with van der Waals surface area (Å²) >= 11 is 7.17. The lowest BCUT2D eigenvalue weighted by molar-refractivity contribution is -0.141. The van der Waals surface area contributed by atoms with E-state index in [0.717, 1.165) is 23.7 Å². The predicted molar refractivity (Wildman–Crippen MR) is 114 cm³/mol. The fourth-order valence-corrected chi connectivity index (χ4v) is 6.52. The van der Waals surface area contributed by atoms with Crippen LogP contribution in [0.3, 0.4) is 0 Å². The molecule has 4 atom stereocenters. The number of methoxy groups -OCH3 is 2. The summed E-state index contributed by atoms with van der Waals surface area (Å²) in [6.07, 6.45) is 7.18. The van der Waals surface area contributed by atoms with Gasteiger partial charge in [0.25, 0.3) is 0 Å². The molecule has 0 aliphatic carbocycles. The number of carbonyl (C=O) groups is 2. The van der Waals surface area contributed by atoms with Crippen molar-refractivity contribution in [1.82, 2.24) is 9.80 Å². The third kappa shape index (κ3) is 5.00. The van der Waals surface area contributed by atoms with Crippen LogP contribution in [0, 0.1) is 11.8 Å². The SMILES string of the molecule is COC(=O)CCC[C@@H]1[C@H]2CCCN3CCC[C@@H](CN1C(=S)SCC(=O)OC)[C@@H]23. The summed E-state index contributed by atoms with van der Waals surface area (Å²) in [6, 6.07) is 0.986. The molecule has 3 aliphatic rings. The zero-order chi connectivity index (χ0) is 20.1. The van der Waals surface area contributed by atoms with E-state index >= 15 is 0 Å². The molecular formula is C20H32N2O4S2. The van der Waals surface area contributed by atoms with Crippen molar-refractivity contribution in [2.24, 2.45) is 11.8 Å². The van der Waals surface area contributed by atoms with Gasteiger partial charge in [-0.3, -0.25) is 14.5 Å². The first-order valence-electron chi connectivity index (χ1n) is 10.4. The van der Waals surface area contributed by atoms with E-state index < -0.39 is 0 Å². The Morgan fingerprint density at radius 1 is 1.11 bits per heavy atom. The highest BCUT2D eigenvalue weighted by Gasteiger charge is 2.48. The number of thioether (sulfide) groups is 1. The van der Waals surface area contributed by atoms with Gasteiger partial charge in [-0.1, -0.05) is 24.0 Å².